The zero-order valence-electron chi connectivity index (χ0n) is 19.2. The number of nitrogens with zero attached hydrogens (tertiary/aromatic N) is 1. The van der Waals surface area contributed by atoms with Crippen molar-refractivity contribution in [3.8, 4) is 11.5 Å². The molecule has 8 heteroatoms. The summed E-state index contributed by atoms with van der Waals surface area (Å²) in [5.74, 6) is 0.850. The van der Waals surface area contributed by atoms with Crippen LogP contribution in [0.15, 0.2) is 41.3 Å². The number of hydrogen-bond donors (Lipinski definition) is 1. The maximum Gasteiger partial charge on any atom is 0.251 e. The summed E-state index contributed by atoms with van der Waals surface area (Å²) in [6.07, 6.45) is 3.81. The fourth-order valence-electron chi connectivity index (χ4n) is 3.93. The summed E-state index contributed by atoms with van der Waals surface area (Å²) in [6.45, 7) is 4.67. The van der Waals surface area contributed by atoms with Crippen molar-refractivity contribution in [3.63, 3.8) is 0 Å². The number of methoxy groups -OCH3 is 2. The molecule has 0 aliphatic carbocycles. The van der Waals surface area contributed by atoms with Crippen molar-refractivity contribution in [2.24, 2.45) is 0 Å². The number of benzene rings is 2. The molecule has 1 amide bonds. The van der Waals surface area contributed by atoms with E-state index in [0.29, 0.717) is 35.7 Å². The van der Waals surface area contributed by atoms with Crippen LogP contribution in [0.2, 0.25) is 0 Å². The Hall–Kier alpha value is -2.58. The summed E-state index contributed by atoms with van der Waals surface area (Å²) >= 11 is 0. The van der Waals surface area contributed by atoms with Gasteiger partial charge in [-0.15, -0.1) is 0 Å². The minimum atomic E-state index is -3.65. The lowest BCUT2D eigenvalue weighted by Gasteiger charge is -2.22. The average Bonchev–Trinajstić information content (AvgIpc) is 3.09. The van der Waals surface area contributed by atoms with Crippen molar-refractivity contribution in [1.29, 1.82) is 0 Å². The summed E-state index contributed by atoms with van der Waals surface area (Å²) < 4.78 is 38.7. The van der Waals surface area contributed by atoms with Gasteiger partial charge in [0.1, 0.15) is 0 Å². The fraction of sp³-hybridized carbons (Fsp3) is 0.458. The number of sulfonamides is 1. The maximum atomic E-state index is 13.3. The number of hydrogen-bond acceptors (Lipinski definition) is 5. The molecule has 0 bridgehead atoms. The molecule has 1 saturated heterocycles. The normalized spacial score (nSPS) is 16.1. The number of amides is 1. The van der Waals surface area contributed by atoms with Gasteiger partial charge in [-0.2, -0.15) is 4.31 Å². The van der Waals surface area contributed by atoms with Crippen LogP contribution < -0.4 is 14.8 Å². The third-order valence-electron chi connectivity index (χ3n) is 5.89. The van der Waals surface area contributed by atoms with Crippen LogP contribution in [-0.2, 0) is 10.0 Å². The van der Waals surface area contributed by atoms with Gasteiger partial charge in [-0.25, -0.2) is 8.42 Å². The number of carbonyl (C=O) groups is 1. The molecule has 1 fully saturated rings. The lowest BCUT2D eigenvalue weighted by Crippen LogP contribution is -2.33. The van der Waals surface area contributed by atoms with Gasteiger partial charge in [0.15, 0.2) is 11.5 Å². The molecule has 7 nitrogen and oxygen atoms in total. The van der Waals surface area contributed by atoms with Crippen molar-refractivity contribution >= 4 is 15.9 Å². The van der Waals surface area contributed by atoms with Gasteiger partial charge in [0, 0.05) is 18.7 Å². The van der Waals surface area contributed by atoms with Crippen LogP contribution in [0.1, 0.15) is 60.1 Å². The van der Waals surface area contributed by atoms with Crippen LogP contribution >= 0.6 is 0 Å². The van der Waals surface area contributed by atoms with E-state index < -0.39 is 10.0 Å². The highest BCUT2D eigenvalue weighted by Gasteiger charge is 2.27. The van der Waals surface area contributed by atoms with Gasteiger partial charge >= 0.3 is 0 Å². The largest absolute Gasteiger partial charge is 0.493 e. The van der Waals surface area contributed by atoms with Crippen LogP contribution in [0, 0.1) is 6.92 Å². The first kappa shape index (κ1) is 24.1. The molecule has 0 aromatic heterocycles. The third kappa shape index (κ3) is 5.24. The van der Waals surface area contributed by atoms with Gasteiger partial charge < -0.3 is 14.8 Å². The molecule has 32 heavy (non-hydrogen) atoms. The van der Waals surface area contributed by atoms with E-state index in [0.717, 1.165) is 31.2 Å². The minimum Gasteiger partial charge on any atom is -0.493 e. The Morgan fingerprint density at radius 2 is 1.62 bits per heavy atom. The van der Waals surface area contributed by atoms with E-state index in [-0.39, 0.29) is 16.8 Å². The Kier molecular flexibility index (Phi) is 7.79. The summed E-state index contributed by atoms with van der Waals surface area (Å²) in [5.41, 5.74) is 1.80. The summed E-state index contributed by atoms with van der Waals surface area (Å²) in [5, 5.41) is 2.95. The molecule has 1 unspecified atom stereocenters. The summed E-state index contributed by atoms with van der Waals surface area (Å²) in [4.78, 5) is 13.2. The van der Waals surface area contributed by atoms with Gasteiger partial charge in [-0.1, -0.05) is 25.0 Å². The van der Waals surface area contributed by atoms with Gasteiger partial charge in [-0.05, 0) is 62.1 Å². The zero-order valence-corrected chi connectivity index (χ0v) is 20.0. The summed E-state index contributed by atoms with van der Waals surface area (Å²) in [7, 11) is -0.521. The molecular formula is C24H32N2O5S. The number of nitrogens with one attached hydrogen (secondary N) is 1. The van der Waals surface area contributed by atoms with Crippen LogP contribution in [0.4, 0.5) is 0 Å². The second-order valence-electron chi connectivity index (χ2n) is 8.11. The lowest BCUT2D eigenvalue weighted by molar-refractivity contribution is 0.0939. The van der Waals surface area contributed by atoms with Crippen LogP contribution in [-0.4, -0.2) is 45.9 Å². The van der Waals surface area contributed by atoms with Gasteiger partial charge in [0.2, 0.25) is 10.0 Å². The zero-order chi connectivity index (χ0) is 23.3. The van der Waals surface area contributed by atoms with E-state index in [2.05, 4.69) is 5.32 Å². The van der Waals surface area contributed by atoms with E-state index in [1.807, 2.05) is 19.1 Å². The monoisotopic (exact) mass is 460 g/mol. The van der Waals surface area contributed by atoms with Crippen molar-refractivity contribution < 1.29 is 22.7 Å². The Morgan fingerprint density at radius 1 is 0.969 bits per heavy atom. The number of ether oxygens (including phenoxy) is 2. The SMILES string of the molecule is COc1ccc(C(C)NC(=O)c2ccc(C)c(S(=O)(=O)N3CCCCCC3)c2)cc1OC. The van der Waals surface area contributed by atoms with Gasteiger partial charge in [0.25, 0.3) is 5.91 Å². The van der Waals surface area contributed by atoms with Gasteiger partial charge in [-0.3, -0.25) is 4.79 Å². The Labute approximate surface area is 190 Å². The highest BCUT2D eigenvalue weighted by atomic mass is 32.2. The van der Waals surface area contributed by atoms with E-state index in [1.165, 1.54) is 6.07 Å². The van der Waals surface area contributed by atoms with E-state index in [1.54, 1.807) is 43.6 Å². The first-order valence-electron chi connectivity index (χ1n) is 10.9. The van der Waals surface area contributed by atoms with Crippen molar-refractivity contribution in [1.82, 2.24) is 9.62 Å². The standard InChI is InChI=1S/C24H32N2O5S/c1-17-9-10-20(16-23(17)32(28,29)26-13-7-5-6-8-14-26)24(27)25-18(2)19-11-12-21(30-3)22(15-19)31-4/h9-12,15-16,18H,5-8,13-14H2,1-4H3,(H,25,27). The van der Waals surface area contributed by atoms with Crippen LogP contribution in [0.3, 0.4) is 0 Å². The van der Waals surface area contributed by atoms with Crippen LogP contribution in [0.5, 0.6) is 11.5 Å². The summed E-state index contributed by atoms with van der Waals surface area (Å²) in [6, 6.07) is 9.99. The molecule has 1 N–H and O–H groups in total. The van der Waals surface area contributed by atoms with Crippen molar-refractivity contribution in [2.75, 3.05) is 27.3 Å². The second kappa shape index (κ2) is 10.4. The predicted molar refractivity (Wildman–Crippen MR) is 124 cm³/mol. The highest BCUT2D eigenvalue weighted by Crippen LogP contribution is 2.30. The molecular weight excluding hydrogens is 428 g/mol. The lowest BCUT2D eigenvalue weighted by atomic mass is 10.1. The third-order valence-corrected chi connectivity index (χ3v) is 7.93. The van der Waals surface area contributed by atoms with Crippen molar-refractivity contribution in [3.05, 3.63) is 53.1 Å². The molecule has 2 aromatic rings. The molecule has 2 aromatic carbocycles. The molecule has 1 aliphatic heterocycles. The second-order valence-corrected chi connectivity index (χ2v) is 10.0. The molecule has 1 atom stereocenters. The Balaban J connectivity index is 1.82. The minimum absolute atomic E-state index is 0.200. The molecule has 174 valence electrons. The smallest absolute Gasteiger partial charge is 0.251 e. The topological polar surface area (TPSA) is 84.9 Å². The quantitative estimate of drug-likeness (QED) is 0.673. The number of carbonyl (C=O) groups excluding carboxylic acids is 1. The Bertz CT molecular complexity index is 1060. The molecule has 3 rings (SSSR count). The fourth-order valence-corrected chi connectivity index (χ4v) is 5.69. The Morgan fingerprint density at radius 3 is 2.25 bits per heavy atom. The average molecular weight is 461 g/mol. The van der Waals surface area contributed by atoms with E-state index in [9.17, 15) is 13.2 Å². The maximum absolute atomic E-state index is 13.3. The first-order chi connectivity index (χ1) is 15.3. The van der Waals surface area contributed by atoms with Gasteiger partial charge in [0.05, 0.1) is 25.2 Å². The molecule has 0 radical (unpaired) electrons. The van der Waals surface area contributed by atoms with Crippen molar-refractivity contribution in [2.45, 2.75) is 50.5 Å². The molecule has 0 spiro atoms. The molecule has 1 heterocycles. The van der Waals surface area contributed by atoms with E-state index in [4.69, 9.17) is 9.47 Å². The first-order valence-corrected chi connectivity index (χ1v) is 12.4. The number of aryl methyl sites for hydroxylation is 1. The number of rotatable bonds is 7. The predicted octanol–water partition coefficient (Wildman–Crippen LogP) is 4.07. The van der Waals surface area contributed by atoms with Crippen LogP contribution in [0.25, 0.3) is 0 Å². The molecule has 1 aliphatic rings. The van der Waals surface area contributed by atoms with E-state index >= 15 is 0 Å². The highest BCUT2D eigenvalue weighted by molar-refractivity contribution is 7.89. The molecule has 0 saturated carbocycles.